The van der Waals surface area contributed by atoms with Crippen LogP contribution in [0.15, 0.2) is 28.4 Å². The molecule has 3 aliphatic rings. The Hall–Kier alpha value is -3.09. The molecule has 0 radical (unpaired) electrons. The molecule has 2 amide bonds. The maximum atomic E-state index is 11.9. The molecule has 1 aliphatic carbocycles. The highest BCUT2D eigenvalue weighted by Crippen LogP contribution is 2.14. The summed E-state index contributed by atoms with van der Waals surface area (Å²) in [6, 6.07) is 3.96. The van der Waals surface area contributed by atoms with Crippen LogP contribution in [-0.4, -0.2) is 28.6 Å². The quantitative estimate of drug-likeness (QED) is 0.742. The Morgan fingerprint density at radius 2 is 1.96 bits per heavy atom. The molecule has 0 spiro atoms. The number of allylic oxidation sites excluding steroid dienone is 1. The molecule has 0 N–H and O–H groups in total. The second-order valence-corrected chi connectivity index (χ2v) is 5.72. The van der Waals surface area contributed by atoms with Crippen LogP contribution in [0.2, 0.25) is 0 Å². The Balaban J connectivity index is 1.41. The molecule has 4 rings (SSSR count). The maximum Gasteiger partial charge on any atom is 0.333 e. The van der Waals surface area contributed by atoms with Gasteiger partial charge in [0.05, 0.1) is 17.5 Å². The summed E-state index contributed by atoms with van der Waals surface area (Å²) in [6.07, 6.45) is 6.50. The Bertz CT molecular complexity index is 943. The topological polar surface area (TPSA) is 88.4 Å². The number of carbonyl (C=O) groups excluding carboxylic acids is 3. The molecule has 1 aromatic rings. The third-order valence-corrected chi connectivity index (χ3v) is 4.11. The minimum Gasteiger partial charge on any atom is -0.330 e. The number of imide groups is 1. The average molecular weight is 323 g/mol. The van der Waals surface area contributed by atoms with E-state index < -0.39 is 17.8 Å². The summed E-state index contributed by atoms with van der Waals surface area (Å²) in [6.45, 7) is 0. The second-order valence-electron chi connectivity index (χ2n) is 5.72. The molecule has 0 bridgehead atoms. The molecule has 1 saturated heterocycles. The predicted octanol–water partition coefficient (Wildman–Crippen LogP) is 0.219. The van der Waals surface area contributed by atoms with Gasteiger partial charge in [-0.05, 0) is 22.9 Å². The second kappa shape index (κ2) is 5.52. The van der Waals surface area contributed by atoms with E-state index in [-0.39, 0.29) is 19.3 Å². The lowest BCUT2D eigenvalue weighted by molar-refractivity contribution is -0.197. The fraction of sp³-hybridized carbons (Fsp3) is 0.235. The van der Waals surface area contributed by atoms with Crippen molar-refractivity contribution >= 4 is 35.6 Å². The van der Waals surface area contributed by atoms with E-state index in [4.69, 9.17) is 4.84 Å². The van der Waals surface area contributed by atoms with E-state index in [2.05, 4.69) is 10.2 Å². The van der Waals surface area contributed by atoms with Crippen LogP contribution in [-0.2, 0) is 19.2 Å². The molecule has 1 aromatic carbocycles. The van der Waals surface area contributed by atoms with Gasteiger partial charge in [0.15, 0.2) is 0 Å². The molecular formula is C17H13N3O4. The van der Waals surface area contributed by atoms with E-state index in [1.54, 1.807) is 0 Å². The number of hydrogen-bond acceptors (Lipinski definition) is 6. The largest absolute Gasteiger partial charge is 0.333 e. The summed E-state index contributed by atoms with van der Waals surface area (Å²) < 4.78 is 0. The van der Waals surface area contributed by atoms with Crippen LogP contribution < -0.4 is 10.6 Å². The fourth-order valence-electron chi connectivity index (χ4n) is 2.86. The first-order valence-corrected chi connectivity index (χ1v) is 7.66. The Kier molecular flexibility index (Phi) is 3.34. The molecular weight excluding hydrogens is 310 g/mol. The van der Waals surface area contributed by atoms with E-state index in [9.17, 15) is 14.4 Å². The van der Waals surface area contributed by atoms with E-state index in [1.807, 2.05) is 30.4 Å². The molecule has 7 nitrogen and oxygen atoms in total. The van der Waals surface area contributed by atoms with Crippen LogP contribution in [0.5, 0.6) is 0 Å². The minimum atomic E-state index is -0.635. The zero-order valence-corrected chi connectivity index (χ0v) is 12.7. The van der Waals surface area contributed by atoms with Crippen molar-refractivity contribution in [2.75, 3.05) is 0 Å². The molecule has 24 heavy (non-hydrogen) atoms. The van der Waals surface area contributed by atoms with E-state index in [1.165, 1.54) is 0 Å². The van der Waals surface area contributed by atoms with Crippen molar-refractivity contribution in [1.29, 1.82) is 0 Å². The molecule has 0 atom stereocenters. The smallest absolute Gasteiger partial charge is 0.330 e. The Morgan fingerprint density at radius 3 is 2.75 bits per heavy atom. The maximum absolute atomic E-state index is 11.9. The van der Waals surface area contributed by atoms with Crippen molar-refractivity contribution in [3.63, 3.8) is 0 Å². The third kappa shape index (κ3) is 2.44. The van der Waals surface area contributed by atoms with Gasteiger partial charge in [-0.3, -0.25) is 9.59 Å². The van der Waals surface area contributed by atoms with Crippen molar-refractivity contribution in [3.05, 3.63) is 39.9 Å². The van der Waals surface area contributed by atoms with Crippen LogP contribution >= 0.6 is 0 Å². The van der Waals surface area contributed by atoms with Gasteiger partial charge in [0, 0.05) is 24.8 Å². The SMILES string of the molecule is O=C(CCC1=NN=c2cc3c(cc21)=CC=C3)ON1C(=O)CCC1=O. The first-order chi connectivity index (χ1) is 11.6. The standard InChI is InChI=1S/C17H13N3O4/c21-15-5-6-16(22)20(15)24-17(23)7-4-13-12-8-10-2-1-3-11(10)9-14(12)19-18-13/h1-3,8-9H,4-7H2. The first kappa shape index (κ1) is 14.5. The molecule has 2 heterocycles. The number of hydroxylamine groups is 2. The highest BCUT2D eigenvalue weighted by atomic mass is 16.7. The molecule has 0 aromatic heterocycles. The Labute approximate surface area is 136 Å². The summed E-state index contributed by atoms with van der Waals surface area (Å²) in [4.78, 5) is 39.6. The van der Waals surface area contributed by atoms with Gasteiger partial charge in [-0.15, -0.1) is 5.06 Å². The van der Waals surface area contributed by atoms with Gasteiger partial charge in [0.2, 0.25) is 0 Å². The number of fused-ring (bicyclic) bond motifs is 2. The molecule has 7 heteroatoms. The molecule has 0 unspecified atom stereocenters. The summed E-state index contributed by atoms with van der Waals surface area (Å²) in [5.74, 6) is -1.60. The number of hydrogen-bond donors (Lipinski definition) is 0. The zero-order valence-electron chi connectivity index (χ0n) is 12.7. The highest BCUT2D eigenvalue weighted by Gasteiger charge is 2.32. The molecule has 120 valence electrons. The lowest BCUT2D eigenvalue weighted by Crippen LogP contribution is -2.32. The number of carbonyl (C=O) groups is 3. The van der Waals surface area contributed by atoms with E-state index in [0.29, 0.717) is 17.2 Å². The van der Waals surface area contributed by atoms with Crippen LogP contribution in [0.1, 0.15) is 36.8 Å². The van der Waals surface area contributed by atoms with Crippen molar-refractivity contribution in [1.82, 2.24) is 5.06 Å². The van der Waals surface area contributed by atoms with Crippen molar-refractivity contribution < 1.29 is 19.2 Å². The Morgan fingerprint density at radius 1 is 1.17 bits per heavy atom. The van der Waals surface area contributed by atoms with Gasteiger partial charge < -0.3 is 4.84 Å². The van der Waals surface area contributed by atoms with Crippen LogP contribution in [0.4, 0.5) is 0 Å². The highest BCUT2D eigenvalue weighted by molar-refractivity contribution is 6.03. The molecule has 1 fully saturated rings. The summed E-state index contributed by atoms with van der Waals surface area (Å²) in [5.41, 5.74) is 2.69. The third-order valence-electron chi connectivity index (χ3n) is 4.11. The first-order valence-electron chi connectivity index (χ1n) is 7.66. The van der Waals surface area contributed by atoms with Crippen LogP contribution in [0.25, 0.3) is 12.2 Å². The van der Waals surface area contributed by atoms with Crippen molar-refractivity contribution in [2.24, 2.45) is 10.2 Å². The van der Waals surface area contributed by atoms with Gasteiger partial charge in [-0.25, -0.2) is 4.79 Å². The lowest BCUT2D eigenvalue weighted by Gasteiger charge is -2.12. The van der Waals surface area contributed by atoms with Crippen LogP contribution in [0, 0.1) is 0 Å². The van der Waals surface area contributed by atoms with Gasteiger partial charge in [0.1, 0.15) is 0 Å². The summed E-state index contributed by atoms with van der Waals surface area (Å²) in [5, 5.41) is 10.7. The van der Waals surface area contributed by atoms with E-state index >= 15 is 0 Å². The van der Waals surface area contributed by atoms with Gasteiger partial charge in [-0.1, -0.05) is 18.2 Å². The fourth-order valence-corrected chi connectivity index (χ4v) is 2.86. The number of amides is 2. The van der Waals surface area contributed by atoms with Crippen molar-refractivity contribution in [3.8, 4) is 0 Å². The van der Waals surface area contributed by atoms with E-state index in [0.717, 1.165) is 21.7 Å². The minimum absolute atomic E-state index is 0.0178. The zero-order chi connectivity index (χ0) is 16.7. The number of nitrogens with zero attached hydrogens (tertiary/aromatic N) is 3. The summed E-state index contributed by atoms with van der Waals surface area (Å²) >= 11 is 0. The monoisotopic (exact) mass is 323 g/mol. The number of rotatable bonds is 4. The normalized spacial score (nSPS) is 17.3. The summed E-state index contributed by atoms with van der Waals surface area (Å²) in [7, 11) is 0. The van der Waals surface area contributed by atoms with Gasteiger partial charge >= 0.3 is 5.97 Å². The number of benzene rings is 1. The van der Waals surface area contributed by atoms with Gasteiger partial charge in [0.25, 0.3) is 11.8 Å². The van der Waals surface area contributed by atoms with Gasteiger partial charge in [-0.2, -0.15) is 10.2 Å². The molecule has 0 saturated carbocycles. The lowest BCUT2D eigenvalue weighted by atomic mass is 10.0. The van der Waals surface area contributed by atoms with Crippen molar-refractivity contribution in [2.45, 2.75) is 25.7 Å². The molecule has 2 aliphatic heterocycles. The average Bonchev–Trinajstić information content (AvgIpc) is 3.26. The van der Waals surface area contributed by atoms with Crippen LogP contribution in [0.3, 0.4) is 0 Å². The predicted molar refractivity (Wildman–Crippen MR) is 83.7 cm³/mol.